The van der Waals surface area contributed by atoms with E-state index in [1.54, 1.807) is 12.1 Å². The lowest BCUT2D eigenvalue weighted by atomic mass is 9.95. The Morgan fingerprint density at radius 1 is 1.21 bits per heavy atom. The van der Waals surface area contributed by atoms with E-state index in [0.717, 1.165) is 12.2 Å². The molecule has 102 valence electrons. The third-order valence-electron chi connectivity index (χ3n) is 2.79. The molecule has 19 heavy (non-hydrogen) atoms. The van der Waals surface area contributed by atoms with E-state index in [9.17, 15) is 4.39 Å². The Bertz CT molecular complexity index is 572. The number of nitrogens with one attached hydrogen (secondary N) is 1. The molecule has 0 fully saturated rings. The van der Waals surface area contributed by atoms with Gasteiger partial charge in [0.25, 0.3) is 0 Å². The van der Waals surface area contributed by atoms with Crippen molar-refractivity contribution in [2.45, 2.75) is 32.7 Å². The molecule has 0 bridgehead atoms. The third-order valence-corrected chi connectivity index (χ3v) is 4.91. The van der Waals surface area contributed by atoms with Crippen molar-refractivity contribution in [3.8, 4) is 0 Å². The highest BCUT2D eigenvalue weighted by Gasteiger charge is 2.15. The van der Waals surface area contributed by atoms with Crippen molar-refractivity contribution < 1.29 is 4.39 Å². The summed E-state index contributed by atoms with van der Waals surface area (Å²) in [7, 11) is 0. The summed E-state index contributed by atoms with van der Waals surface area (Å²) in [6.07, 6.45) is 0. The molecular formula is C15H17BrFNS. The second kappa shape index (κ2) is 5.63. The topological polar surface area (TPSA) is 12.0 Å². The van der Waals surface area contributed by atoms with E-state index in [-0.39, 0.29) is 11.2 Å². The van der Waals surface area contributed by atoms with E-state index in [1.165, 1.54) is 15.8 Å². The minimum atomic E-state index is -0.239. The lowest BCUT2D eigenvalue weighted by molar-refractivity contribution is 0.604. The quantitative estimate of drug-likeness (QED) is 0.770. The summed E-state index contributed by atoms with van der Waals surface area (Å²) >= 11 is 5.01. The van der Waals surface area contributed by atoms with Gasteiger partial charge < -0.3 is 5.32 Å². The first-order valence-electron chi connectivity index (χ1n) is 6.14. The van der Waals surface area contributed by atoms with Crippen LogP contribution in [0.1, 0.15) is 30.5 Å². The fourth-order valence-corrected chi connectivity index (χ4v) is 3.06. The van der Waals surface area contributed by atoms with E-state index in [4.69, 9.17) is 0 Å². The Morgan fingerprint density at radius 3 is 2.53 bits per heavy atom. The van der Waals surface area contributed by atoms with Gasteiger partial charge in [-0.15, -0.1) is 11.3 Å². The van der Waals surface area contributed by atoms with E-state index >= 15 is 0 Å². The van der Waals surface area contributed by atoms with Gasteiger partial charge in [-0.3, -0.25) is 0 Å². The standard InChI is InChI=1S/C15H17BrFNS/c1-15(2,3)14-7-5-11(19-14)9-18-10-4-6-13(17)12(16)8-10/h4-8,18H,9H2,1-3H3. The highest BCUT2D eigenvalue weighted by Crippen LogP contribution is 2.30. The number of hydrogen-bond donors (Lipinski definition) is 1. The second-order valence-electron chi connectivity index (χ2n) is 5.50. The maximum Gasteiger partial charge on any atom is 0.137 e. The number of halogens is 2. The van der Waals surface area contributed by atoms with Gasteiger partial charge in [-0.2, -0.15) is 0 Å². The zero-order valence-electron chi connectivity index (χ0n) is 11.3. The Balaban J connectivity index is 2.02. The Hall–Kier alpha value is -0.870. The van der Waals surface area contributed by atoms with E-state index < -0.39 is 0 Å². The van der Waals surface area contributed by atoms with Gasteiger partial charge >= 0.3 is 0 Å². The van der Waals surface area contributed by atoms with E-state index in [2.05, 4.69) is 54.2 Å². The first kappa shape index (κ1) is 14.5. The summed E-state index contributed by atoms with van der Waals surface area (Å²) in [6.45, 7) is 7.41. The van der Waals surface area contributed by atoms with Crippen LogP contribution in [0.25, 0.3) is 0 Å². The molecule has 0 amide bonds. The van der Waals surface area contributed by atoms with Crippen LogP contribution < -0.4 is 5.32 Å². The molecule has 0 saturated heterocycles. The zero-order chi connectivity index (χ0) is 14.0. The Kier molecular flexibility index (Phi) is 4.31. The Morgan fingerprint density at radius 2 is 1.95 bits per heavy atom. The molecule has 1 aromatic heterocycles. The monoisotopic (exact) mass is 341 g/mol. The summed E-state index contributed by atoms with van der Waals surface area (Å²) in [5, 5.41) is 3.31. The molecule has 1 heterocycles. The third kappa shape index (κ3) is 3.80. The van der Waals surface area contributed by atoms with Crippen molar-refractivity contribution in [2.75, 3.05) is 5.32 Å². The van der Waals surface area contributed by atoms with Gasteiger partial charge in [0, 0.05) is 22.0 Å². The number of thiophene rings is 1. The van der Waals surface area contributed by atoms with Crippen LogP contribution in [-0.2, 0) is 12.0 Å². The van der Waals surface area contributed by atoms with Gasteiger partial charge in [0.2, 0.25) is 0 Å². The molecule has 0 aliphatic carbocycles. The lowest BCUT2D eigenvalue weighted by Crippen LogP contribution is -2.07. The maximum absolute atomic E-state index is 13.1. The molecule has 0 saturated carbocycles. The molecule has 0 aliphatic rings. The van der Waals surface area contributed by atoms with Crippen molar-refractivity contribution in [3.05, 3.63) is 50.4 Å². The number of rotatable bonds is 3. The van der Waals surface area contributed by atoms with Crippen LogP contribution in [0.5, 0.6) is 0 Å². The minimum Gasteiger partial charge on any atom is -0.380 e. The Labute approximate surface area is 126 Å². The molecule has 1 aromatic carbocycles. The van der Waals surface area contributed by atoms with Crippen LogP contribution in [0.15, 0.2) is 34.8 Å². The molecule has 0 spiro atoms. The van der Waals surface area contributed by atoms with E-state index in [1.807, 2.05) is 11.3 Å². The van der Waals surface area contributed by atoms with Crippen molar-refractivity contribution >= 4 is 33.0 Å². The van der Waals surface area contributed by atoms with Crippen LogP contribution in [-0.4, -0.2) is 0 Å². The van der Waals surface area contributed by atoms with Crippen molar-refractivity contribution in [3.63, 3.8) is 0 Å². The number of benzene rings is 1. The molecule has 2 aromatic rings. The molecular weight excluding hydrogens is 325 g/mol. The van der Waals surface area contributed by atoms with Gasteiger partial charge in [-0.25, -0.2) is 4.39 Å². The highest BCUT2D eigenvalue weighted by atomic mass is 79.9. The second-order valence-corrected chi connectivity index (χ2v) is 7.52. The summed E-state index contributed by atoms with van der Waals surface area (Å²) in [6, 6.07) is 9.30. The molecule has 2 rings (SSSR count). The predicted molar refractivity (Wildman–Crippen MR) is 84.4 cm³/mol. The molecule has 0 unspecified atom stereocenters. The predicted octanol–water partition coefficient (Wildman–Crippen LogP) is 5.56. The van der Waals surface area contributed by atoms with Gasteiger partial charge in [-0.05, 0) is 51.7 Å². The smallest absolute Gasteiger partial charge is 0.137 e. The molecule has 1 N–H and O–H groups in total. The van der Waals surface area contributed by atoms with E-state index in [0.29, 0.717) is 4.47 Å². The van der Waals surface area contributed by atoms with Crippen LogP contribution >= 0.6 is 27.3 Å². The fraction of sp³-hybridized carbons (Fsp3) is 0.333. The van der Waals surface area contributed by atoms with Gasteiger partial charge in [-0.1, -0.05) is 20.8 Å². The van der Waals surface area contributed by atoms with Gasteiger partial charge in [0.05, 0.1) is 4.47 Å². The summed E-state index contributed by atoms with van der Waals surface area (Å²) in [5.74, 6) is -0.239. The molecule has 0 atom stereocenters. The largest absolute Gasteiger partial charge is 0.380 e. The number of hydrogen-bond acceptors (Lipinski definition) is 2. The summed E-state index contributed by atoms with van der Waals surface area (Å²) in [4.78, 5) is 2.66. The van der Waals surface area contributed by atoms with Gasteiger partial charge in [0.15, 0.2) is 0 Å². The molecule has 0 radical (unpaired) electrons. The lowest BCUT2D eigenvalue weighted by Gasteiger charge is -2.15. The average molecular weight is 342 g/mol. The summed E-state index contributed by atoms with van der Waals surface area (Å²) in [5.41, 5.74) is 1.11. The summed E-state index contributed by atoms with van der Waals surface area (Å²) < 4.78 is 13.6. The molecule has 0 aliphatic heterocycles. The molecule has 1 nitrogen and oxygen atoms in total. The van der Waals surface area contributed by atoms with Gasteiger partial charge in [0.1, 0.15) is 5.82 Å². The van der Waals surface area contributed by atoms with Crippen LogP contribution in [0.3, 0.4) is 0 Å². The minimum absolute atomic E-state index is 0.196. The maximum atomic E-state index is 13.1. The van der Waals surface area contributed by atoms with Crippen molar-refractivity contribution in [1.29, 1.82) is 0 Å². The van der Waals surface area contributed by atoms with Crippen molar-refractivity contribution in [2.24, 2.45) is 0 Å². The fourth-order valence-electron chi connectivity index (χ4n) is 1.67. The zero-order valence-corrected chi connectivity index (χ0v) is 13.7. The first-order chi connectivity index (χ1) is 8.86. The van der Waals surface area contributed by atoms with Crippen LogP contribution in [0.4, 0.5) is 10.1 Å². The first-order valence-corrected chi connectivity index (χ1v) is 7.75. The molecule has 4 heteroatoms. The van der Waals surface area contributed by atoms with Crippen LogP contribution in [0, 0.1) is 5.82 Å². The average Bonchev–Trinajstić information content (AvgIpc) is 2.79. The van der Waals surface area contributed by atoms with Crippen LogP contribution in [0.2, 0.25) is 0 Å². The highest BCUT2D eigenvalue weighted by molar-refractivity contribution is 9.10. The van der Waals surface area contributed by atoms with Crippen molar-refractivity contribution in [1.82, 2.24) is 0 Å². The SMILES string of the molecule is CC(C)(C)c1ccc(CNc2ccc(F)c(Br)c2)s1. The number of anilines is 1. The normalized spacial score (nSPS) is 11.6.